The minimum atomic E-state index is -3.71. The van der Waals surface area contributed by atoms with Crippen LogP contribution in [0.3, 0.4) is 0 Å². The molecule has 1 aromatic heterocycles. The predicted molar refractivity (Wildman–Crippen MR) is 79.9 cm³/mol. The van der Waals surface area contributed by atoms with Crippen molar-refractivity contribution in [3.63, 3.8) is 0 Å². The van der Waals surface area contributed by atoms with E-state index in [4.69, 9.17) is 4.74 Å². The van der Waals surface area contributed by atoms with E-state index in [0.29, 0.717) is 23.5 Å². The SMILES string of the molecule is CNCc1cn[nH]c1S(=O)(=O)Nc1ccc(OC)c(C)c1. The number of benzene rings is 1. The van der Waals surface area contributed by atoms with Gasteiger partial charge in [-0.15, -0.1) is 0 Å². The maximum Gasteiger partial charge on any atom is 0.279 e. The fourth-order valence-electron chi connectivity index (χ4n) is 2.00. The van der Waals surface area contributed by atoms with Crippen LogP contribution in [0.25, 0.3) is 0 Å². The highest BCUT2D eigenvalue weighted by atomic mass is 32.2. The molecule has 0 unspecified atom stereocenters. The maximum atomic E-state index is 12.4. The van der Waals surface area contributed by atoms with Gasteiger partial charge in [0.05, 0.1) is 13.3 Å². The molecule has 7 nitrogen and oxygen atoms in total. The number of aromatic nitrogens is 2. The molecule has 3 N–H and O–H groups in total. The monoisotopic (exact) mass is 310 g/mol. The van der Waals surface area contributed by atoms with E-state index in [1.165, 1.54) is 6.20 Å². The first-order chi connectivity index (χ1) is 9.97. The first-order valence-electron chi connectivity index (χ1n) is 6.32. The second kappa shape index (κ2) is 6.15. The van der Waals surface area contributed by atoms with Gasteiger partial charge in [-0.1, -0.05) is 0 Å². The van der Waals surface area contributed by atoms with Gasteiger partial charge in [0, 0.05) is 17.8 Å². The molecule has 2 rings (SSSR count). The summed E-state index contributed by atoms with van der Waals surface area (Å²) in [6, 6.07) is 5.08. The summed E-state index contributed by atoms with van der Waals surface area (Å²) in [7, 11) is -0.398. The van der Waals surface area contributed by atoms with Crippen LogP contribution in [0.1, 0.15) is 11.1 Å². The van der Waals surface area contributed by atoms with Crippen molar-refractivity contribution in [1.82, 2.24) is 15.5 Å². The van der Waals surface area contributed by atoms with Crippen molar-refractivity contribution >= 4 is 15.7 Å². The first-order valence-corrected chi connectivity index (χ1v) is 7.80. The van der Waals surface area contributed by atoms with E-state index in [1.54, 1.807) is 32.4 Å². The standard InChI is InChI=1S/C13H18N4O3S/c1-9-6-11(4-5-12(9)20-3)17-21(18,19)13-10(7-14-2)8-15-16-13/h4-6,8,14,17H,7H2,1-3H3,(H,15,16). The summed E-state index contributed by atoms with van der Waals surface area (Å²) in [5.41, 5.74) is 1.89. The minimum absolute atomic E-state index is 0.0605. The van der Waals surface area contributed by atoms with Gasteiger partial charge in [0.25, 0.3) is 10.0 Å². The lowest BCUT2D eigenvalue weighted by atomic mass is 10.2. The molecule has 21 heavy (non-hydrogen) atoms. The average Bonchev–Trinajstić information content (AvgIpc) is 2.88. The number of aromatic amines is 1. The van der Waals surface area contributed by atoms with Crippen LogP contribution in [0, 0.1) is 6.92 Å². The van der Waals surface area contributed by atoms with Crippen LogP contribution in [-0.2, 0) is 16.6 Å². The largest absolute Gasteiger partial charge is 0.496 e. The van der Waals surface area contributed by atoms with Gasteiger partial charge in [0.1, 0.15) is 5.75 Å². The number of nitrogens with zero attached hydrogens (tertiary/aromatic N) is 1. The third-order valence-corrected chi connectivity index (χ3v) is 4.36. The zero-order valence-electron chi connectivity index (χ0n) is 12.1. The summed E-state index contributed by atoms with van der Waals surface area (Å²) >= 11 is 0. The lowest BCUT2D eigenvalue weighted by molar-refractivity contribution is 0.412. The number of sulfonamides is 1. The van der Waals surface area contributed by atoms with Crippen molar-refractivity contribution in [2.75, 3.05) is 18.9 Å². The molecule has 0 radical (unpaired) electrons. The molecule has 0 spiro atoms. The molecule has 1 heterocycles. The zero-order chi connectivity index (χ0) is 15.5. The molecule has 0 saturated carbocycles. The second-order valence-electron chi connectivity index (χ2n) is 4.54. The van der Waals surface area contributed by atoms with Crippen molar-refractivity contribution in [3.05, 3.63) is 35.5 Å². The molecule has 0 saturated heterocycles. The quantitative estimate of drug-likeness (QED) is 0.746. The third-order valence-electron chi connectivity index (χ3n) is 2.96. The predicted octanol–water partition coefficient (Wildman–Crippen LogP) is 1.25. The highest BCUT2D eigenvalue weighted by molar-refractivity contribution is 7.92. The summed E-state index contributed by atoms with van der Waals surface area (Å²) in [6.07, 6.45) is 1.49. The van der Waals surface area contributed by atoms with Crippen LogP contribution in [-0.4, -0.2) is 32.8 Å². The van der Waals surface area contributed by atoms with Crippen molar-refractivity contribution in [2.45, 2.75) is 18.5 Å². The lowest BCUT2D eigenvalue weighted by Crippen LogP contribution is -2.17. The molecule has 0 aliphatic carbocycles. The summed E-state index contributed by atoms with van der Waals surface area (Å²) in [5.74, 6) is 0.704. The van der Waals surface area contributed by atoms with Crippen LogP contribution in [0.15, 0.2) is 29.4 Å². The van der Waals surface area contributed by atoms with E-state index in [9.17, 15) is 8.42 Å². The fraction of sp³-hybridized carbons (Fsp3) is 0.308. The Bertz CT molecular complexity index is 725. The molecule has 2 aromatic rings. The normalized spacial score (nSPS) is 11.4. The average molecular weight is 310 g/mol. The number of methoxy groups -OCH3 is 1. The Kier molecular flexibility index (Phi) is 4.49. The third kappa shape index (κ3) is 3.34. The molecule has 0 aliphatic rings. The van der Waals surface area contributed by atoms with Crippen molar-refractivity contribution in [3.8, 4) is 5.75 Å². The Hall–Kier alpha value is -2.06. The van der Waals surface area contributed by atoms with Crippen LogP contribution < -0.4 is 14.8 Å². The molecule has 0 fully saturated rings. The highest BCUT2D eigenvalue weighted by Gasteiger charge is 2.20. The van der Waals surface area contributed by atoms with Gasteiger partial charge in [-0.3, -0.25) is 9.82 Å². The lowest BCUT2D eigenvalue weighted by Gasteiger charge is -2.10. The van der Waals surface area contributed by atoms with E-state index in [0.717, 1.165) is 5.56 Å². The molecule has 0 atom stereocenters. The van der Waals surface area contributed by atoms with Crippen LogP contribution in [0.2, 0.25) is 0 Å². The van der Waals surface area contributed by atoms with Gasteiger partial charge >= 0.3 is 0 Å². The number of ether oxygens (including phenoxy) is 1. The van der Waals surface area contributed by atoms with Crippen molar-refractivity contribution in [1.29, 1.82) is 0 Å². The fourth-order valence-corrected chi connectivity index (χ4v) is 3.18. The van der Waals surface area contributed by atoms with Gasteiger partial charge in [0.2, 0.25) is 0 Å². The Balaban J connectivity index is 2.29. The Morgan fingerprint density at radius 3 is 2.76 bits per heavy atom. The number of hydrogen-bond acceptors (Lipinski definition) is 5. The number of rotatable bonds is 6. The van der Waals surface area contributed by atoms with E-state index in [-0.39, 0.29) is 5.03 Å². The van der Waals surface area contributed by atoms with Gasteiger partial charge in [-0.05, 0) is 37.7 Å². The topological polar surface area (TPSA) is 96.1 Å². The summed E-state index contributed by atoms with van der Waals surface area (Å²) in [4.78, 5) is 0. The summed E-state index contributed by atoms with van der Waals surface area (Å²) in [5, 5.41) is 9.27. The van der Waals surface area contributed by atoms with Crippen molar-refractivity contribution < 1.29 is 13.2 Å². The van der Waals surface area contributed by atoms with Gasteiger partial charge in [-0.25, -0.2) is 0 Å². The van der Waals surface area contributed by atoms with Crippen molar-refractivity contribution in [2.24, 2.45) is 0 Å². The molecule has 1 aromatic carbocycles. The van der Waals surface area contributed by atoms with E-state index < -0.39 is 10.0 Å². The Morgan fingerprint density at radius 2 is 2.14 bits per heavy atom. The first kappa shape index (κ1) is 15.3. The smallest absolute Gasteiger partial charge is 0.279 e. The molecule has 0 amide bonds. The maximum absolute atomic E-state index is 12.4. The molecule has 0 aliphatic heterocycles. The number of aryl methyl sites for hydroxylation is 1. The highest BCUT2D eigenvalue weighted by Crippen LogP contribution is 2.23. The van der Waals surface area contributed by atoms with E-state index in [2.05, 4.69) is 20.2 Å². The molecule has 114 valence electrons. The number of hydrogen-bond donors (Lipinski definition) is 3. The number of nitrogens with one attached hydrogen (secondary N) is 3. The molecule has 8 heteroatoms. The molecular formula is C13H18N4O3S. The van der Waals surface area contributed by atoms with Crippen LogP contribution >= 0.6 is 0 Å². The summed E-state index contributed by atoms with van der Waals surface area (Å²) < 4.78 is 32.4. The second-order valence-corrected chi connectivity index (χ2v) is 6.16. The van der Waals surface area contributed by atoms with Gasteiger partial charge in [0.15, 0.2) is 5.03 Å². The zero-order valence-corrected chi connectivity index (χ0v) is 12.9. The van der Waals surface area contributed by atoms with E-state index in [1.807, 2.05) is 6.92 Å². The minimum Gasteiger partial charge on any atom is -0.496 e. The number of H-pyrrole nitrogens is 1. The number of anilines is 1. The van der Waals surface area contributed by atoms with Crippen LogP contribution in [0.4, 0.5) is 5.69 Å². The summed E-state index contributed by atoms with van der Waals surface area (Å²) in [6.45, 7) is 2.26. The molecular weight excluding hydrogens is 292 g/mol. The van der Waals surface area contributed by atoms with Gasteiger partial charge < -0.3 is 10.1 Å². The Morgan fingerprint density at radius 1 is 1.38 bits per heavy atom. The Labute approximate surface area is 123 Å². The molecule has 0 bridgehead atoms. The van der Waals surface area contributed by atoms with Gasteiger partial charge in [-0.2, -0.15) is 13.5 Å². The van der Waals surface area contributed by atoms with Crippen LogP contribution in [0.5, 0.6) is 5.75 Å². The van der Waals surface area contributed by atoms with E-state index >= 15 is 0 Å².